The van der Waals surface area contributed by atoms with Crippen molar-refractivity contribution in [2.75, 3.05) is 20.2 Å². The van der Waals surface area contributed by atoms with Crippen molar-refractivity contribution in [3.8, 4) is 0 Å². The summed E-state index contributed by atoms with van der Waals surface area (Å²) in [6.45, 7) is 0.971. The summed E-state index contributed by atoms with van der Waals surface area (Å²) >= 11 is 2.20. The molecule has 0 fully saturated rings. The van der Waals surface area contributed by atoms with Gasteiger partial charge < -0.3 is 10.0 Å². The molecule has 0 aliphatic carbocycles. The highest BCUT2D eigenvalue weighted by Crippen LogP contribution is 2.10. The molecule has 0 spiro atoms. The van der Waals surface area contributed by atoms with Gasteiger partial charge >= 0.3 is 0 Å². The molecule has 94 valence electrons. The molecule has 0 bridgehead atoms. The standard InChI is InChI=1S/C13H18INO2/c1-15(8-3-2-4-9-16)13(17)11-6-5-7-12(14)10-11/h5-7,10,16H,2-4,8-9H2,1H3. The molecule has 0 aliphatic rings. The van der Waals surface area contributed by atoms with E-state index < -0.39 is 0 Å². The summed E-state index contributed by atoms with van der Waals surface area (Å²) in [4.78, 5) is 13.8. The van der Waals surface area contributed by atoms with Crippen LogP contribution in [0.4, 0.5) is 0 Å². The van der Waals surface area contributed by atoms with Gasteiger partial charge in [-0.3, -0.25) is 4.79 Å². The zero-order chi connectivity index (χ0) is 12.7. The summed E-state index contributed by atoms with van der Waals surface area (Å²) in [6.07, 6.45) is 2.71. The maximum absolute atomic E-state index is 12.0. The van der Waals surface area contributed by atoms with Crippen LogP contribution in [-0.4, -0.2) is 36.1 Å². The van der Waals surface area contributed by atoms with Crippen LogP contribution in [0.1, 0.15) is 29.6 Å². The molecular formula is C13H18INO2. The number of carbonyl (C=O) groups excluding carboxylic acids is 1. The van der Waals surface area contributed by atoms with E-state index in [-0.39, 0.29) is 12.5 Å². The molecular weight excluding hydrogens is 329 g/mol. The lowest BCUT2D eigenvalue weighted by Crippen LogP contribution is -2.27. The van der Waals surface area contributed by atoms with Gasteiger partial charge in [0.05, 0.1) is 0 Å². The lowest BCUT2D eigenvalue weighted by molar-refractivity contribution is 0.0792. The Balaban J connectivity index is 2.46. The highest BCUT2D eigenvalue weighted by atomic mass is 127. The number of hydrogen-bond donors (Lipinski definition) is 1. The Hall–Kier alpha value is -0.620. The van der Waals surface area contributed by atoms with Crippen molar-refractivity contribution >= 4 is 28.5 Å². The Labute approximate surface area is 116 Å². The second-order valence-corrected chi connectivity index (χ2v) is 5.27. The van der Waals surface area contributed by atoms with Crippen molar-refractivity contribution in [1.29, 1.82) is 0 Å². The minimum absolute atomic E-state index is 0.0625. The molecule has 0 heterocycles. The van der Waals surface area contributed by atoms with Crippen LogP contribution < -0.4 is 0 Å². The highest BCUT2D eigenvalue weighted by Gasteiger charge is 2.10. The fourth-order valence-electron chi connectivity index (χ4n) is 1.58. The molecule has 0 atom stereocenters. The fourth-order valence-corrected chi connectivity index (χ4v) is 2.12. The quantitative estimate of drug-likeness (QED) is 0.635. The van der Waals surface area contributed by atoms with Gasteiger partial charge in [0.15, 0.2) is 0 Å². The van der Waals surface area contributed by atoms with Crippen LogP contribution in [0.5, 0.6) is 0 Å². The first-order valence-electron chi connectivity index (χ1n) is 5.77. The van der Waals surface area contributed by atoms with Crippen molar-refractivity contribution in [2.24, 2.45) is 0 Å². The SMILES string of the molecule is CN(CCCCCO)C(=O)c1cccc(I)c1. The number of carbonyl (C=O) groups is 1. The normalized spacial score (nSPS) is 10.3. The van der Waals surface area contributed by atoms with Crippen LogP contribution in [-0.2, 0) is 0 Å². The van der Waals surface area contributed by atoms with Crippen LogP contribution in [0.2, 0.25) is 0 Å². The predicted molar refractivity (Wildman–Crippen MR) is 77.1 cm³/mol. The van der Waals surface area contributed by atoms with Crippen LogP contribution >= 0.6 is 22.6 Å². The predicted octanol–water partition coefficient (Wildman–Crippen LogP) is 2.53. The summed E-state index contributed by atoms with van der Waals surface area (Å²) in [5.74, 6) is 0.0625. The second-order valence-electron chi connectivity index (χ2n) is 4.02. The van der Waals surface area contributed by atoms with E-state index in [0.717, 1.165) is 34.9 Å². The Bertz CT molecular complexity index is 368. The van der Waals surface area contributed by atoms with E-state index in [0.29, 0.717) is 0 Å². The number of aliphatic hydroxyl groups is 1. The van der Waals surface area contributed by atoms with Gasteiger partial charge in [0.1, 0.15) is 0 Å². The van der Waals surface area contributed by atoms with E-state index in [9.17, 15) is 4.79 Å². The summed E-state index contributed by atoms with van der Waals surface area (Å²) in [5.41, 5.74) is 0.738. The molecule has 1 rings (SSSR count). The average molecular weight is 347 g/mol. The molecule has 0 aromatic heterocycles. The Morgan fingerprint density at radius 1 is 1.35 bits per heavy atom. The summed E-state index contributed by atoms with van der Waals surface area (Å²) in [6, 6.07) is 7.61. The van der Waals surface area contributed by atoms with Gasteiger partial charge in [-0.2, -0.15) is 0 Å². The molecule has 1 aromatic rings. The molecule has 17 heavy (non-hydrogen) atoms. The van der Waals surface area contributed by atoms with Gasteiger partial charge in [-0.1, -0.05) is 6.07 Å². The van der Waals surface area contributed by atoms with Crippen molar-refractivity contribution in [3.63, 3.8) is 0 Å². The first-order chi connectivity index (χ1) is 8.15. The number of benzene rings is 1. The van der Waals surface area contributed by atoms with E-state index in [1.54, 1.807) is 4.90 Å². The number of rotatable bonds is 6. The minimum atomic E-state index is 0.0625. The third kappa shape index (κ3) is 5.04. The summed E-state index contributed by atoms with van der Waals surface area (Å²) < 4.78 is 1.07. The molecule has 3 nitrogen and oxygen atoms in total. The number of hydrogen-bond acceptors (Lipinski definition) is 2. The zero-order valence-corrected chi connectivity index (χ0v) is 12.2. The Morgan fingerprint density at radius 2 is 2.12 bits per heavy atom. The van der Waals surface area contributed by atoms with Gasteiger partial charge in [-0.25, -0.2) is 0 Å². The topological polar surface area (TPSA) is 40.5 Å². The van der Waals surface area contributed by atoms with Crippen LogP contribution in [0.3, 0.4) is 0 Å². The molecule has 1 aromatic carbocycles. The first kappa shape index (κ1) is 14.4. The van der Waals surface area contributed by atoms with E-state index >= 15 is 0 Å². The number of unbranched alkanes of at least 4 members (excludes halogenated alkanes) is 2. The Morgan fingerprint density at radius 3 is 2.76 bits per heavy atom. The monoisotopic (exact) mass is 347 g/mol. The van der Waals surface area contributed by atoms with Gasteiger partial charge in [0.2, 0.25) is 0 Å². The average Bonchev–Trinajstić information content (AvgIpc) is 2.33. The highest BCUT2D eigenvalue weighted by molar-refractivity contribution is 14.1. The maximum Gasteiger partial charge on any atom is 0.253 e. The Kier molecular flexibility index (Phi) is 6.50. The zero-order valence-electron chi connectivity index (χ0n) is 10.0. The second kappa shape index (κ2) is 7.66. The maximum atomic E-state index is 12.0. The van der Waals surface area contributed by atoms with Gasteiger partial charge in [-0.15, -0.1) is 0 Å². The van der Waals surface area contributed by atoms with E-state index in [2.05, 4.69) is 22.6 Å². The number of amides is 1. The lowest BCUT2D eigenvalue weighted by atomic mass is 10.2. The van der Waals surface area contributed by atoms with Crippen molar-refractivity contribution in [1.82, 2.24) is 4.90 Å². The fraction of sp³-hybridized carbons (Fsp3) is 0.462. The number of nitrogens with zero attached hydrogens (tertiary/aromatic N) is 1. The van der Waals surface area contributed by atoms with E-state index in [1.807, 2.05) is 31.3 Å². The van der Waals surface area contributed by atoms with Crippen molar-refractivity contribution in [2.45, 2.75) is 19.3 Å². The molecule has 1 amide bonds. The summed E-state index contributed by atoms with van der Waals surface area (Å²) in [5, 5.41) is 8.67. The van der Waals surface area contributed by atoms with E-state index in [4.69, 9.17) is 5.11 Å². The molecule has 1 N–H and O–H groups in total. The van der Waals surface area contributed by atoms with Crippen LogP contribution in [0.15, 0.2) is 24.3 Å². The third-order valence-corrected chi connectivity index (χ3v) is 3.24. The van der Waals surface area contributed by atoms with Crippen molar-refractivity contribution < 1.29 is 9.90 Å². The van der Waals surface area contributed by atoms with E-state index in [1.165, 1.54) is 0 Å². The molecule has 0 unspecified atom stereocenters. The van der Waals surface area contributed by atoms with Crippen molar-refractivity contribution in [3.05, 3.63) is 33.4 Å². The number of halogens is 1. The molecule has 0 radical (unpaired) electrons. The molecule has 0 aliphatic heterocycles. The number of aliphatic hydroxyl groups excluding tert-OH is 1. The molecule has 0 saturated carbocycles. The largest absolute Gasteiger partial charge is 0.396 e. The molecule has 4 heteroatoms. The van der Waals surface area contributed by atoms with Gasteiger partial charge in [0.25, 0.3) is 5.91 Å². The minimum Gasteiger partial charge on any atom is -0.396 e. The molecule has 0 saturated heterocycles. The summed E-state index contributed by atoms with van der Waals surface area (Å²) in [7, 11) is 1.82. The van der Waals surface area contributed by atoms with Crippen LogP contribution in [0.25, 0.3) is 0 Å². The first-order valence-corrected chi connectivity index (χ1v) is 6.85. The van der Waals surface area contributed by atoms with Gasteiger partial charge in [-0.05, 0) is 60.1 Å². The lowest BCUT2D eigenvalue weighted by Gasteiger charge is -2.17. The smallest absolute Gasteiger partial charge is 0.253 e. The van der Waals surface area contributed by atoms with Gasteiger partial charge in [0, 0.05) is 29.3 Å². The third-order valence-electron chi connectivity index (χ3n) is 2.57. The van der Waals surface area contributed by atoms with Crippen LogP contribution in [0, 0.1) is 3.57 Å².